The van der Waals surface area contributed by atoms with Gasteiger partial charge in [0.25, 0.3) is 0 Å². The molecule has 1 amide bonds. The van der Waals surface area contributed by atoms with Gasteiger partial charge >= 0.3 is 0 Å². The molecule has 0 aromatic heterocycles. The molecule has 1 aromatic carbocycles. The average Bonchev–Trinajstić information content (AvgIpc) is 2.83. The van der Waals surface area contributed by atoms with E-state index < -0.39 is 0 Å². The van der Waals surface area contributed by atoms with E-state index in [1.165, 1.54) is 0 Å². The zero-order chi connectivity index (χ0) is 11.4. The molecule has 0 saturated carbocycles. The monoisotopic (exact) mass is 232 g/mol. The van der Waals surface area contributed by atoms with Crippen molar-refractivity contribution in [3.63, 3.8) is 0 Å². The highest BCUT2D eigenvalue weighted by molar-refractivity contribution is 8.00. The van der Waals surface area contributed by atoms with Crippen molar-refractivity contribution < 1.29 is 4.79 Å². The quantitative estimate of drug-likeness (QED) is 0.851. The molecule has 1 fully saturated rings. The summed E-state index contributed by atoms with van der Waals surface area (Å²) in [7, 11) is 0. The van der Waals surface area contributed by atoms with Crippen molar-refractivity contribution in [2.24, 2.45) is 0 Å². The molecular formula is C12H12N2OS. The Morgan fingerprint density at radius 2 is 2.19 bits per heavy atom. The molecule has 1 aromatic rings. The van der Waals surface area contributed by atoms with Crippen LogP contribution in [0.5, 0.6) is 0 Å². The lowest BCUT2D eigenvalue weighted by molar-refractivity contribution is -0.115. The van der Waals surface area contributed by atoms with Crippen molar-refractivity contribution >= 4 is 23.4 Å². The Labute approximate surface area is 98.8 Å². The predicted molar refractivity (Wildman–Crippen MR) is 65.3 cm³/mol. The number of nitrogens with zero attached hydrogens (tertiary/aromatic N) is 1. The zero-order valence-electron chi connectivity index (χ0n) is 8.77. The summed E-state index contributed by atoms with van der Waals surface area (Å²) in [6.07, 6.45) is 2.09. The lowest BCUT2D eigenvalue weighted by Crippen LogP contribution is -2.22. The SMILES string of the molecule is N#Cc1ccc(NC(=O)C2CCCS2)cc1. The maximum atomic E-state index is 11.8. The lowest BCUT2D eigenvalue weighted by Gasteiger charge is -2.09. The number of benzene rings is 1. The maximum Gasteiger partial charge on any atom is 0.237 e. The molecule has 3 nitrogen and oxygen atoms in total. The Morgan fingerprint density at radius 3 is 2.75 bits per heavy atom. The standard InChI is InChI=1S/C12H12N2OS/c13-8-9-3-5-10(6-4-9)14-12(15)11-2-1-7-16-11/h3-6,11H,1-2,7H2,(H,14,15). The second kappa shape index (κ2) is 5.04. The van der Waals surface area contributed by atoms with E-state index in [0.29, 0.717) is 5.56 Å². The van der Waals surface area contributed by atoms with Gasteiger partial charge in [-0.3, -0.25) is 4.79 Å². The van der Waals surface area contributed by atoms with Crippen LogP contribution in [0, 0.1) is 11.3 Å². The molecule has 16 heavy (non-hydrogen) atoms. The van der Waals surface area contributed by atoms with Gasteiger partial charge in [0.2, 0.25) is 5.91 Å². The van der Waals surface area contributed by atoms with Crippen LogP contribution >= 0.6 is 11.8 Å². The van der Waals surface area contributed by atoms with Crippen molar-refractivity contribution in [2.75, 3.05) is 11.1 Å². The molecule has 1 heterocycles. The minimum atomic E-state index is 0.0761. The number of anilines is 1. The van der Waals surface area contributed by atoms with Crippen LogP contribution in [0.3, 0.4) is 0 Å². The van der Waals surface area contributed by atoms with E-state index in [-0.39, 0.29) is 11.2 Å². The van der Waals surface area contributed by atoms with Crippen LogP contribution in [0.25, 0.3) is 0 Å². The molecule has 1 aliphatic rings. The number of hydrogen-bond donors (Lipinski definition) is 1. The third kappa shape index (κ3) is 2.56. The summed E-state index contributed by atoms with van der Waals surface area (Å²) in [6, 6.07) is 8.98. The molecule has 0 spiro atoms. The first-order valence-corrected chi connectivity index (χ1v) is 6.27. The maximum absolute atomic E-state index is 11.8. The lowest BCUT2D eigenvalue weighted by atomic mass is 10.2. The Kier molecular flexibility index (Phi) is 3.47. The van der Waals surface area contributed by atoms with Gasteiger partial charge in [-0.25, -0.2) is 0 Å². The van der Waals surface area contributed by atoms with Crippen LogP contribution in [-0.2, 0) is 4.79 Å². The molecule has 0 aliphatic carbocycles. The van der Waals surface area contributed by atoms with Crippen molar-refractivity contribution in [1.82, 2.24) is 0 Å². The normalized spacial score (nSPS) is 19.1. The molecule has 0 bridgehead atoms. The Bertz CT molecular complexity index is 416. The first kappa shape index (κ1) is 11.0. The molecule has 1 atom stereocenters. The highest BCUT2D eigenvalue weighted by Gasteiger charge is 2.23. The first-order valence-electron chi connectivity index (χ1n) is 5.22. The summed E-state index contributed by atoms with van der Waals surface area (Å²) >= 11 is 1.71. The minimum Gasteiger partial charge on any atom is -0.325 e. The van der Waals surface area contributed by atoms with Gasteiger partial charge in [-0.05, 0) is 42.9 Å². The Balaban J connectivity index is 1.98. The van der Waals surface area contributed by atoms with Crippen LogP contribution < -0.4 is 5.32 Å². The fourth-order valence-corrected chi connectivity index (χ4v) is 2.80. The zero-order valence-corrected chi connectivity index (χ0v) is 9.59. The molecule has 0 radical (unpaired) electrons. The molecule has 1 saturated heterocycles. The van der Waals surface area contributed by atoms with Crippen molar-refractivity contribution in [1.29, 1.82) is 5.26 Å². The van der Waals surface area contributed by atoms with E-state index >= 15 is 0 Å². The average molecular weight is 232 g/mol. The first-order chi connectivity index (χ1) is 7.79. The third-order valence-corrected chi connectivity index (χ3v) is 3.88. The number of rotatable bonds is 2. The van der Waals surface area contributed by atoms with Crippen molar-refractivity contribution in [2.45, 2.75) is 18.1 Å². The van der Waals surface area contributed by atoms with E-state index in [2.05, 4.69) is 5.32 Å². The van der Waals surface area contributed by atoms with Gasteiger partial charge in [-0.1, -0.05) is 0 Å². The van der Waals surface area contributed by atoms with Crippen LogP contribution in [-0.4, -0.2) is 16.9 Å². The second-order valence-electron chi connectivity index (χ2n) is 3.68. The van der Waals surface area contributed by atoms with Gasteiger partial charge < -0.3 is 5.32 Å². The molecule has 2 rings (SSSR count). The van der Waals surface area contributed by atoms with E-state index in [9.17, 15) is 4.79 Å². The van der Waals surface area contributed by atoms with Crippen LogP contribution in [0.15, 0.2) is 24.3 Å². The van der Waals surface area contributed by atoms with Crippen LogP contribution in [0.2, 0.25) is 0 Å². The molecule has 82 valence electrons. The van der Waals surface area contributed by atoms with Gasteiger partial charge in [-0.15, -0.1) is 11.8 Å². The van der Waals surface area contributed by atoms with E-state index in [0.717, 1.165) is 24.3 Å². The predicted octanol–water partition coefficient (Wildman–Crippen LogP) is 2.39. The third-order valence-electron chi connectivity index (χ3n) is 2.50. The molecule has 4 heteroatoms. The fourth-order valence-electron chi connectivity index (χ4n) is 1.64. The largest absolute Gasteiger partial charge is 0.325 e. The van der Waals surface area contributed by atoms with Gasteiger partial charge in [0.05, 0.1) is 16.9 Å². The molecule has 1 aliphatic heterocycles. The smallest absolute Gasteiger partial charge is 0.237 e. The molecular weight excluding hydrogens is 220 g/mol. The fraction of sp³-hybridized carbons (Fsp3) is 0.333. The number of amides is 1. The number of nitrogens with one attached hydrogen (secondary N) is 1. The van der Waals surface area contributed by atoms with Crippen LogP contribution in [0.4, 0.5) is 5.69 Å². The summed E-state index contributed by atoms with van der Waals surface area (Å²) in [5.41, 5.74) is 1.37. The number of carbonyl (C=O) groups excluding carboxylic acids is 1. The second-order valence-corrected chi connectivity index (χ2v) is 4.99. The molecule has 1 N–H and O–H groups in total. The summed E-state index contributed by atoms with van der Waals surface area (Å²) in [6.45, 7) is 0. The highest BCUT2D eigenvalue weighted by atomic mass is 32.2. The molecule has 1 unspecified atom stereocenters. The Morgan fingerprint density at radius 1 is 1.44 bits per heavy atom. The topological polar surface area (TPSA) is 52.9 Å². The summed E-state index contributed by atoms with van der Waals surface area (Å²) < 4.78 is 0. The van der Waals surface area contributed by atoms with Gasteiger partial charge in [0.1, 0.15) is 0 Å². The minimum absolute atomic E-state index is 0.0761. The van der Waals surface area contributed by atoms with Gasteiger partial charge in [0.15, 0.2) is 0 Å². The van der Waals surface area contributed by atoms with Gasteiger partial charge in [0, 0.05) is 5.69 Å². The number of hydrogen-bond acceptors (Lipinski definition) is 3. The van der Waals surface area contributed by atoms with E-state index in [1.807, 2.05) is 6.07 Å². The highest BCUT2D eigenvalue weighted by Crippen LogP contribution is 2.27. The van der Waals surface area contributed by atoms with E-state index in [1.54, 1.807) is 36.0 Å². The Hall–Kier alpha value is -1.47. The van der Waals surface area contributed by atoms with Crippen LogP contribution in [0.1, 0.15) is 18.4 Å². The van der Waals surface area contributed by atoms with Gasteiger partial charge in [-0.2, -0.15) is 5.26 Å². The van der Waals surface area contributed by atoms with Crippen molar-refractivity contribution in [3.8, 4) is 6.07 Å². The summed E-state index contributed by atoms with van der Waals surface area (Å²) in [5.74, 6) is 1.15. The summed E-state index contributed by atoms with van der Waals surface area (Å²) in [4.78, 5) is 11.8. The van der Waals surface area contributed by atoms with E-state index in [4.69, 9.17) is 5.26 Å². The van der Waals surface area contributed by atoms with Crippen molar-refractivity contribution in [3.05, 3.63) is 29.8 Å². The number of carbonyl (C=O) groups is 1. The number of nitriles is 1. The number of thioether (sulfide) groups is 1. The summed E-state index contributed by atoms with van der Waals surface area (Å²) in [5, 5.41) is 11.6.